The van der Waals surface area contributed by atoms with Gasteiger partial charge in [0.25, 0.3) is 0 Å². The van der Waals surface area contributed by atoms with E-state index in [4.69, 9.17) is 11.6 Å². The van der Waals surface area contributed by atoms with Crippen molar-refractivity contribution in [3.8, 4) is 0 Å². The predicted molar refractivity (Wildman–Crippen MR) is 89.7 cm³/mol. The number of anilines is 1. The largest absolute Gasteiger partial charge is 0.343 e. The summed E-state index contributed by atoms with van der Waals surface area (Å²) in [5, 5.41) is 2.90. The average Bonchev–Trinajstić information content (AvgIpc) is 2.59. The van der Waals surface area contributed by atoms with Crippen molar-refractivity contribution in [3.63, 3.8) is 0 Å². The van der Waals surface area contributed by atoms with Crippen LogP contribution in [0.2, 0.25) is 5.02 Å². The Hall–Kier alpha value is -2.12. The minimum Gasteiger partial charge on any atom is -0.343 e. The first-order valence-corrected chi connectivity index (χ1v) is 8.19. The van der Waals surface area contributed by atoms with E-state index in [9.17, 15) is 14.4 Å². The Morgan fingerprint density at radius 3 is 2.62 bits per heavy atom. The van der Waals surface area contributed by atoms with Gasteiger partial charge in [-0.2, -0.15) is 0 Å². The van der Waals surface area contributed by atoms with Crippen LogP contribution in [0.25, 0.3) is 0 Å². The topological polar surface area (TPSA) is 73.0 Å². The maximum Gasteiger partial charge on any atom is 0.313 e. The molecule has 1 N–H and O–H groups in total. The highest BCUT2D eigenvalue weighted by molar-refractivity contribution is 6.41. The number of carbonyl (C=O) groups is 3. The molecule has 0 bridgehead atoms. The number of para-hydroxylation sites is 1. The smallest absolute Gasteiger partial charge is 0.313 e. The lowest BCUT2D eigenvalue weighted by molar-refractivity contribution is -0.151. The van der Waals surface area contributed by atoms with E-state index in [0.717, 1.165) is 6.54 Å². The van der Waals surface area contributed by atoms with Crippen molar-refractivity contribution in [2.75, 3.05) is 45.1 Å². The zero-order valence-corrected chi connectivity index (χ0v) is 14.1. The van der Waals surface area contributed by atoms with Gasteiger partial charge in [-0.05, 0) is 12.1 Å². The van der Waals surface area contributed by atoms with Gasteiger partial charge < -0.3 is 15.1 Å². The first-order valence-electron chi connectivity index (χ1n) is 7.81. The Morgan fingerprint density at radius 2 is 1.88 bits per heavy atom. The molecule has 1 aromatic rings. The van der Waals surface area contributed by atoms with E-state index in [1.165, 1.54) is 4.90 Å². The van der Waals surface area contributed by atoms with Crippen LogP contribution >= 0.6 is 11.6 Å². The molecule has 128 valence electrons. The van der Waals surface area contributed by atoms with Crippen LogP contribution in [0.4, 0.5) is 5.69 Å². The van der Waals surface area contributed by atoms with Crippen molar-refractivity contribution in [2.24, 2.45) is 0 Å². The second-order valence-electron chi connectivity index (χ2n) is 6.00. The molecule has 0 aromatic heterocycles. The van der Waals surface area contributed by atoms with Crippen LogP contribution < -0.4 is 5.32 Å². The Kier molecular flexibility index (Phi) is 4.73. The minimum atomic E-state index is -0.742. The molecule has 2 heterocycles. The molecule has 1 unspecified atom stereocenters. The van der Waals surface area contributed by atoms with Crippen LogP contribution in [0.3, 0.4) is 0 Å². The van der Waals surface area contributed by atoms with E-state index in [-0.39, 0.29) is 18.5 Å². The van der Waals surface area contributed by atoms with Crippen LogP contribution in [0.5, 0.6) is 0 Å². The van der Waals surface area contributed by atoms with Gasteiger partial charge in [-0.15, -0.1) is 0 Å². The van der Waals surface area contributed by atoms with Crippen LogP contribution in [-0.2, 0) is 14.4 Å². The van der Waals surface area contributed by atoms with Crippen LogP contribution in [0, 0.1) is 0 Å². The van der Waals surface area contributed by atoms with Crippen LogP contribution in [-0.4, -0.2) is 78.2 Å². The maximum absolute atomic E-state index is 12.4. The number of hydrogen-bond donors (Lipinski definition) is 1. The predicted octanol–water partition coefficient (Wildman–Crippen LogP) is 0.263. The Balaban J connectivity index is 1.66. The summed E-state index contributed by atoms with van der Waals surface area (Å²) in [5.74, 6) is -1.39. The maximum atomic E-state index is 12.4. The third kappa shape index (κ3) is 3.22. The molecule has 2 aliphatic heterocycles. The van der Waals surface area contributed by atoms with E-state index in [2.05, 4.69) is 10.2 Å². The number of rotatable bonds is 1. The van der Waals surface area contributed by atoms with E-state index < -0.39 is 11.8 Å². The number of likely N-dealkylation sites (N-methyl/N-ethyl adjacent to an activating group) is 1. The van der Waals surface area contributed by atoms with Crippen LogP contribution in [0.15, 0.2) is 24.3 Å². The van der Waals surface area contributed by atoms with Gasteiger partial charge in [0.2, 0.25) is 5.91 Å². The molecule has 3 amide bonds. The lowest BCUT2D eigenvalue weighted by Gasteiger charge is -2.45. The van der Waals surface area contributed by atoms with Gasteiger partial charge in [-0.3, -0.25) is 19.3 Å². The van der Waals surface area contributed by atoms with Gasteiger partial charge in [-0.25, -0.2) is 0 Å². The number of amides is 3. The normalized spacial score (nSPS) is 21.4. The molecule has 2 fully saturated rings. The fourth-order valence-electron chi connectivity index (χ4n) is 3.03. The zero-order chi connectivity index (χ0) is 17.3. The summed E-state index contributed by atoms with van der Waals surface area (Å²) < 4.78 is 0. The molecule has 1 aromatic carbocycles. The molecular formula is C16H19ClN4O3. The first kappa shape index (κ1) is 16.7. The summed E-state index contributed by atoms with van der Waals surface area (Å²) in [6, 6.07) is 6.36. The molecule has 1 atom stereocenters. The molecular weight excluding hydrogens is 332 g/mol. The first-order chi connectivity index (χ1) is 11.5. The standard InChI is InChI=1S/C16H19ClN4O3/c1-19-6-7-20-8-9-21(10-13(20)15(19)23)16(24)14(22)18-12-5-3-2-4-11(12)17/h2-5,13H,6-10H2,1H3,(H,18,22). The number of benzene rings is 1. The second-order valence-corrected chi connectivity index (χ2v) is 6.40. The molecule has 24 heavy (non-hydrogen) atoms. The van der Waals surface area contributed by atoms with Crippen molar-refractivity contribution >= 4 is 35.0 Å². The average molecular weight is 351 g/mol. The molecule has 3 rings (SSSR count). The summed E-state index contributed by atoms with van der Waals surface area (Å²) in [6.45, 7) is 2.74. The quantitative estimate of drug-likeness (QED) is 0.738. The number of piperazine rings is 2. The SMILES string of the molecule is CN1CCN2CCN(C(=O)C(=O)Nc3ccccc3Cl)CC2C1=O. The number of nitrogens with one attached hydrogen (secondary N) is 1. The van der Waals surface area contributed by atoms with Gasteiger partial charge in [0.1, 0.15) is 6.04 Å². The number of fused-ring (bicyclic) bond motifs is 1. The van der Waals surface area contributed by atoms with E-state index in [1.807, 2.05) is 0 Å². The van der Waals surface area contributed by atoms with Crippen LogP contribution in [0.1, 0.15) is 0 Å². The highest BCUT2D eigenvalue weighted by atomic mass is 35.5. The molecule has 0 spiro atoms. The number of halogens is 1. The van der Waals surface area contributed by atoms with E-state index in [0.29, 0.717) is 30.3 Å². The fourth-order valence-corrected chi connectivity index (χ4v) is 3.21. The van der Waals surface area contributed by atoms with Crippen molar-refractivity contribution in [1.82, 2.24) is 14.7 Å². The highest BCUT2D eigenvalue weighted by Gasteiger charge is 2.39. The van der Waals surface area contributed by atoms with Crippen molar-refractivity contribution < 1.29 is 14.4 Å². The summed E-state index contributed by atoms with van der Waals surface area (Å²) in [4.78, 5) is 42.0. The lowest BCUT2D eigenvalue weighted by Crippen LogP contribution is -2.65. The van der Waals surface area contributed by atoms with Gasteiger partial charge in [0.05, 0.1) is 10.7 Å². The Bertz CT molecular complexity index is 681. The van der Waals surface area contributed by atoms with Crippen molar-refractivity contribution in [2.45, 2.75) is 6.04 Å². The van der Waals surface area contributed by atoms with E-state index >= 15 is 0 Å². The number of carbonyl (C=O) groups excluding carboxylic acids is 3. The zero-order valence-electron chi connectivity index (χ0n) is 13.4. The van der Waals surface area contributed by atoms with Gasteiger partial charge in [-0.1, -0.05) is 23.7 Å². The Morgan fingerprint density at radius 1 is 1.17 bits per heavy atom. The third-order valence-corrected chi connectivity index (χ3v) is 4.81. The fraction of sp³-hybridized carbons (Fsp3) is 0.438. The highest BCUT2D eigenvalue weighted by Crippen LogP contribution is 2.21. The number of nitrogens with zero attached hydrogens (tertiary/aromatic N) is 3. The number of hydrogen-bond acceptors (Lipinski definition) is 4. The van der Waals surface area contributed by atoms with Gasteiger partial charge in [0.15, 0.2) is 0 Å². The van der Waals surface area contributed by atoms with Gasteiger partial charge in [0, 0.05) is 39.8 Å². The second kappa shape index (κ2) is 6.78. The molecule has 0 radical (unpaired) electrons. The van der Waals surface area contributed by atoms with E-state index in [1.54, 1.807) is 36.2 Å². The molecule has 2 aliphatic rings. The summed E-state index contributed by atoms with van der Waals surface area (Å²) in [6.07, 6.45) is 0. The summed E-state index contributed by atoms with van der Waals surface area (Å²) in [5.41, 5.74) is 0.393. The van der Waals surface area contributed by atoms with Crippen molar-refractivity contribution in [1.29, 1.82) is 0 Å². The molecule has 2 saturated heterocycles. The Labute approximate surface area is 145 Å². The molecule has 0 aliphatic carbocycles. The third-order valence-electron chi connectivity index (χ3n) is 4.48. The summed E-state index contributed by atoms with van der Waals surface area (Å²) in [7, 11) is 1.75. The molecule has 8 heteroatoms. The summed E-state index contributed by atoms with van der Waals surface area (Å²) >= 11 is 5.99. The monoisotopic (exact) mass is 350 g/mol. The molecule has 7 nitrogen and oxygen atoms in total. The van der Waals surface area contributed by atoms with Gasteiger partial charge >= 0.3 is 11.8 Å². The molecule has 0 saturated carbocycles. The van der Waals surface area contributed by atoms with Crippen molar-refractivity contribution in [3.05, 3.63) is 29.3 Å². The lowest BCUT2D eigenvalue weighted by atomic mass is 10.1. The minimum absolute atomic E-state index is 0.00902.